The van der Waals surface area contributed by atoms with Crippen LogP contribution in [0.25, 0.3) is 0 Å². The molecule has 2 aromatic rings. The van der Waals surface area contributed by atoms with E-state index in [-0.39, 0.29) is 41.9 Å². The van der Waals surface area contributed by atoms with Crippen LogP contribution in [-0.4, -0.2) is 41.2 Å². The molecule has 1 N–H and O–H groups in total. The van der Waals surface area contributed by atoms with E-state index in [9.17, 15) is 19.2 Å². The van der Waals surface area contributed by atoms with Crippen LogP contribution in [0.15, 0.2) is 54.6 Å². The van der Waals surface area contributed by atoms with Crippen molar-refractivity contribution in [3.63, 3.8) is 0 Å². The van der Waals surface area contributed by atoms with Crippen LogP contribution in [0.1, 0.15) is 24.8 Å². The van der Waals surface area contributed by atoms with Gasteiger partial charge in [-0.15, -0.1) is 0 Å². The Morgan fingerprint density at radius 2 is 1.68 bits per heavy atom. The Balaban J connectivity index is 1.32. The van der Waals surface area contributed by atoms with Gasteiger partial charge in [0.25, 0.3) is 5.91 Å². The van der Waals surface area contributed by atoms with Gasteiger partial charge in [0.2, 0.25) is 11.8 Å². The van der Waals surface area contributed by atoms with Gasteiger partial charge in [0, 0.05) is 17.1 Å². The molecule has 1 saturated heterocycles. The average Bonchev–Trinajstić information content (AvgIpc) is 3.51. The Hall–Kier alpha value is -3.19. The molecule has 8 heteroatoms. The highest BCUT2D eigenvalue weighted by atomic mass is 35.5. The van der Waals surface area contributed by atoms with Gasteiger partial charge in [0.15, 0.2) is 6.61 Å². The monoisotopic (exact) mass is 480 g/mol. The first-order valence-corrected chi connectivity index (χ1v) is 11.9. The standard InChI is InChI=1S/C26H25ClN2O5/c27-18-7-4-8-19(13-18)28-21(30)14-34-26(33)20(11-15-5-2-1-3-6-15)29-24(31)22-16-9-10-17(12-16)23(22)25(29)32/h1-8,13,16-17,20,22-23H,9-12,14H2,(H,28,30)/t16-,17-,20-,22+,23+/m0/s1. The molecule has 0 aromatic heterocycles. The summed E-state index contributed by atoms with van der Waals surface area (Å²) >= 11 is 5.93. The first kappa shape index (κ1) is 22.6. The van der Waals surface area contributed by atoms with Gasteiger partial charge >= 0.3 is 5.97 Å². The minimum Gasteiger partial charge on any atom is -0.454 e. The van der Waals surface area contributed by atoms with Crippen molar-refractivity contribution in [2.45, 2.75) is 31.7 Å². The maximum atomic E-state index is 13.3. The van der Waals surface area contributed by atoms with Crippen LogP contribution in [0.3, 0.4) is 0 Å². The molecule has 5 atom stereocenters. The summed E-state index contributed by atoms with van der Waals surface area (Å²) < 4.78 is 5.31. The van der Waals surface area contributed by atoms with E-state index in [0.717, 1.165) is 29.7 Å². The summed E-state index contributed by atoms with van der Waals surface area (Å²) in [6, 6.07) is 14.7. The molecule has 0 radical (unpaired) electrons. The third-order valence-corrected chi connectivity index (χ3v) is 7.51. The summed E-state index contributed by atoms with van der Waals surface area (Å²) in [5.41, 5.74) is 1.27. The number of nitrogens with zero attached hydrogens (tertiary/aromatic N) is 1. The predicted octanol–water partition coefficient (Wildman–Crippen LogP) is 3.46. The minimum atomic E-state index is -1.11. The molecule has 2 aromatic carbocycles. The third-order valence-electron chi connectivity index (χ3n) is 7.27. The Labute approximate surface area is 202 Å². The van der Waals surface area contributed by atoms with Crippen molar-refractivity contribution < 1.29 is 23.9 Å². The molecule has 176 valence electrons. The fraction of sp³-hybridized carbons (Fsp3) is 0.385. The third kappa shape index (κ3) is 4.20. The molecular formula is C26H25ClN2O5. The van der Waals surface area contributed by atoms with E-state index in [1.54, 1.807) is 24.3 Å². The van der Waals surface area contributed by atoms with Crippen molar-refractivity contribution in [3.8, 4) is 0 Å². The van der Waals surface area contributed by atoms with Crippen molar-refractivity contribution in [2.24, 2.45) is 23.7 Å². The number of rotatable bonds is 7. The van der Waals surface area contributed by atoms with E-state index in [1.807, 2.05) is 30.3 Å². The minimum absolute atomic E-state index is 0.141. The molecule has 1 aliphatic heterocycles. The number of amides is 3. The number of anilines is 1. The number of nitrogens with one attached hydrogen (secondary N) is 1. The lowest BCUT2D eigenvalue weighted by Crippen LogP contribution is -2.48. The van der Waals surface area contributed by atoms with Crippen molar-refractivity contribution in [1.29, 1.82) is 0 Å². The fourth-order valence-corrected chi connectivity index (χ4v) is 6.04. The maximum absolute atomic E-state index is 13.3. The first-order valence-electron chi connectivity index (χ1n) is 11.6. The number of carbonyl (C=O) groups is 4. The fourth-order valence-electron chi connectivity index (χ4n) is 5.85. The first-order chi connectivity index (χ1) is 16.4. The second kappa shape index (κ2) is 9.22. The molecule has 34 heavy (non-hydrogen) atoms. The lowest BCUT2D eigenvalue weighted by molar-refractivity contribution is -0.160. The number of carbonyl (C=O) groups excluding carboxylic acids is 4. The zero-order chi connectivity index (χ0) is 23.8. The summed E-state index contributed by atoms with van der Waals surface area (Å²) in [6.45, 7) is -0.537. The summed E-state index contributed by atoms with van der Waals surface area (Å²) in [7, 11) is 0. The second-order valence-electron chi connectivity index (χ2n) is 9.30. The Bertz CT molecular complexity index is 1110. The van der Waals surface area contributed by atoms with Gasteiger partial charge in [-0.3, -0.25) is 19.3 Å². The maximum Gasteiger partial charge on any atom is 0.330 e. The number of fused-ring (bicyclic) bond motifs is 5. The van der Waals surface area contributed by atoms with E-state index >= 15 is 0 Å². The smallest absolute Gasteiger partial charge is 0.330 e. The molecule has 2 aliphatic carbocycles. The Morgan fingerprint density at radius 1 is 1.00 bits per heavy atom. The van der Waals surface area contributed by atoms with Gasteiger partial charge in [-0.2, -0.15) is 0 Å². The molecule has 5 rings (SSSR count). The molecule has 2 saturated carbocycles. The van der Waals surface area contributed by atoms with Gasteiger partial charge in [-0.1, -0.05) is 48.0 Å². The lowest BCUT2D eigenvalue weighted by Gasteiger charge is -2.26. The van der Waals surface area contributed by atoms with Crippen LogP contribution < -0.4 is 5.32 Å². The van der Waals surface area contributed by atoms with Crippen molar-refractivity contribution in [3.05, 3.63) is 65.2 Å². The van der Waals surface area contributed by atoms with E-state index in [1.165, 1.54) is 0 Å². The number of imide groups is 1. The van der Waals surface area contributed by atoms with Crippen LogP contribution in [0, 0.1) is 23.7 Å². The average molecular weight is 481 g/mol. The summed E-state index contributed by atoms with van der Waals surface area (Å²) in [6.07, 6.45) is 2.96. The van der Waals surface area contributed by atoms with Crippen molar-refractivity contribution in [1.82, 2.24) is 4.90 Å². The molecule has 0 unspecified atom stereocenters. The van der Waals surface area contributed by atoms with Crippen LogP contribution in [0.4, 0.5) is 5.69 Å². The van der Waals surface area contributed by atoms with E-state index < -0.39 is 24.5 Å². The topological polar surface area (TPSA) is 92.8 Å². The number of halogens is 1. The number of esters is 1. The molecule has 0 spiro atoms. The van der Waals surface area contributed by atoms with Gasteiger partial charge in [0.1, 0.15) is 6.04 Å². The molecule has 3 amide bonds. The van der Waals surface area contributed by atoms with Gasteiger partial charge in [0.05, 0.1) is 11.8 Å². The molecule has 3 fully saturated rings. The zero-order valence-corrected chi connectivity index (χ0v) is 19.2. The number of likely N-dealkylation sites (tertiary alicyclic amines) is 1. The molecular weight excluding hydrogens is 456 g/mol. The molecule has 3 aliphatic rings. The van der Waals surface area contributed by atoms with Crippen molar-refractivity contribution >= 4 is 41.0 Å². The lowest BCUT2D eigenvalue weighted by atomic mass is 9.81. The Morgan fingerprint density at radius 3 is 2.32 bits per heavy atom. The molecule has 7 nitrogen and oxygen atoms in total. The quantitative estimate of drug-likeness (QED) is 0.484. The predicted molar refractivity (Wildman–Crippen MR) is 125 cm³/mol. The summed E-state index contributed by atoms with van der Waals surface area (Å²) in [5, 5.41) is 3.08. The highest BCUT2D eigenvalue weighted by molar-refractivity contribution is 6.30. The van der Waals surface area contributed by atoms with Gasteiger partial charge in [-0.25, -0.2) is 4.79 Å². The van der Waals surface area contributed by atoms with Crippen LogP contribution in [0.2, 0.25) is 5.02 Å². The van der Waals surface area contributed by atoms with Gasteiger partial charge < -0.3 is 10.1 Å². The summed E-state index contributed by atoms with van der Waals surface area (Å²) in [4.78, 5) is 53.3. The Kier molecular flexibility index (Phi) is 6.13. The number of hydrogen-bond donors (Lipinski definition) is 1. The van der Waals surface area contributed by atoms with Crippen LogP contribution in [0.5, 0.6) is 0 Å². The largest absolute Gasteiger partial charge is 0.454 e. The zero-order valence-electron chi connectivity index (χ0n) is 18.5. The van der Waals surface area contributed by atoms with Gasteiger partial charge in [-0.05, 0) is 54.9 Å². The van der Waals surface area contributed by atoms with E-state index in [2.05, 4.69) is 5.32 Å². The number of benzene rings is 2. The summed E-state index contributed by atoms with van der Waals surface area (Å²) in [5.74, 6) is -2.08. The van der Waals surface area contributed by atoms with Crippen LogP contribution >= 0.6 is 11.6 Å². The highest BCUT2D eigenvalue weighted by Gasteiger charge is 2.62. The SMILES string of the molecule is O=C(COC(=O)[C@H](Cc1ccccc1)N1C(=O)[C@@H]2[C@H]3CC[C@@H](C3)[C@H]2C1=O)Nc1cccc(Cl)c1. The van der Waals surface area contributed by atoms with Crippen LogP contribution in [-0.2, 0) is 30.3 Å². The normalized spacial score (nSPS) is 25.9. The number of ether oxygens (including phenoxy) is 1. The van der Waals surface area contributed by atoms with E-state index in [0.29, 0.717) is 10.7 Å². The molecule has 1 heterocycles. The van der Waals surface area contributed by atoms with E-state index in [4.69, 9.17) is 16.3 Å². The second-order valence-corrected chi connectivity index (χ2v) is 9.74. The molecule has 2 bridgehead atoms. The number of hydrogen-bond acceptors (Lipinski definition) is 5. The highest BCUT2D eigenvalue weighted by Crippen LogP contribution is 2.56. The van der Waals surface area contributed by atoms with Crippen molar-refractivity contribution in [2.75, 3.05) is 11.9 Å².